The average molecular weight is 131 g/mol. The average Bonchev–Trinajstić information content (AvgIpc) is 1.94. The van der Waals surface area contributed by atoms with Crippen molar-refractivity contribution in [2.75, 3.05) is 5.75 Å². The van der Waals surface area contributed by atoms with Crippen LogP contribution in [0.4, 0.5) is 0 Å². The van der Waals surface area contributed by atoms with Gasteiger partial charge in [0.25, 0.3) is 0 Å². The third kappa shape index (κ3) is 2.05. The van der Waals surface area contributed by atoms with Gasteiger partial charge in [0.05, 0.1) is 0 Å². The molecule has 1 aliphatic heterocycles. The van der Waals surface area contributed by atoms with Gasteiger partial charge in [-0.1, -0.05) is 18.4 Å². The van der Waals surface area contributed by atoms with Crippen molar-refractivity contribution < 1.29 is 0 Å². The van der Waals surface area contributed by atoms with Gasteiger partial charge in [-0.2, -0.15) is 0 Å². The molecule has 1 atom stereocenters. The summed E-state index contributed by atoms with van der Waals surface area (Å²) in [5.41, 5.74) is 0. The lowest BCUT2D eigenvalue weighted by Crippen LogP contribution is -2.16. The maximum absolute atomic E-state index is 3.36. The van der Waals surface area contributed by atoms with Gasteiger partial charge in [-0.25, -0.2) is 0 Å². The van der Waals surface area contributed by atoms with Crippen LogP contribution in [0.25, 0.3) is 0 Å². The first kappa shape index (κ1) is 6.43. The summed E-state index contributed by atoms with van der Waals surface area (Å²) in [6, 6.07) is 0.738. The Bertz CT molecular complexity index is 57.5. The third-order valence-electron chi connectivity index (χ3n) is 1.42. The molecule has 0 bridgehead atoms. The zero-order valence-electron chi connectivity index (χ0n) is 5.31. The van der Waals surface area contributed by atoms with Gasteiger partial charge < -0.3 is 0 Å². The lowest BCUT2D eigenvalue weighted by atomic mass is 10.2. The van der Waals surface area contributed by atoms with Gasteiger partial charge in [0.15, 0.2) is 0 Å². The van der Waals surface area contributed by atoms with E-state index < -0.39 is 0 Å². The topological polar surface area (TPSA) is 12.0 Å². The largest absolute Gasteiger partial charge is 0.261 e. The van der Waals surface area contributed by atoms with Crippen LogP contribution < -0.4 is 4.72 Å². The Morgan fingerprint density at radius 2 is 2.38 bits per heavy atom. The fraction of sp³-hybridized carbons (Fsp3) is 1.00. The van der Waals surface area contributed by atoms with Crippen molar-refractivity contribution in [2.45, 2.75) is 32.2 Å². The first-order chi connectivity index (χ1) is 3.89. The molecule has 1 rings (SSSR count). The Morgan fingerprint density at radius 3 is 3.25 bits per heavy atom. The van der Waals surface area contributed by atoms with Crippen LogP contribution in [0, 0.1) is 0 Å². The van der Waals surface area contributed by atoms with Crippen LogP contribution in [0.3, 0.4) is 0 Å². The molecule has 0 saturated carbocycles. The highest BCUT2D eigenvalue weighted by atomic mass is 32.2. The molecule has 0 aromatic heterocycles. The minimum absolute atomic E-state index is 0.738. The van der Waals surface area contributed by atoms with Crippen LogP contribution in [0.15, 0.2) is 0 Å². The van der Waals surface area contributed by atoms with Gasteiger partial charge in [-0.05, 0) is 19.8 Å². The van der Waals surface area contributed by atoms with Gasteiger partial charge in [0.2, 0.25) is 0 Å². The third-order valence-corrected chi connectivity index (χ3v) is 2.48. The Labute approximate surface area is 55.4 Å². The zero-order chi connectivity index (χ0) is 5.82. The minimum atomic E-state index is 0.738. The molecule has 1 saturated heterocycles. The van der Waals surface area contributed by atoms with Gasteiger partial charge >= 0.3 is 0 Å². The maximum atomic E-state index is 3.36. The molecule has 1 fully saturated rings. The predicted molar refractivity (Wildman–Crippen MR) is 38.9 cm³/mol. The summed E-state index contributed by atoms with van der Waals surface area (Å²) >= 11 is 1.87. The molecule has 8 heavy (non-hydrogen) atoms. The second-order valence-electron chi connectivity index (χ2n) is 2.36. The second kappa shape index (κ2) is 3.36. The van der Waals surface area contributed by atoms with E-state index in [4.69, 9.17) is 0 Å². The van der Waals surface area contributed by atoms with Crippen molar-refractivity contribution >= 4 is 11.9 Å². The van der Waals surface area contributed by atoms with Crippen LogP contribution >= 0.6 is 11.9 Å². The highest BCUT2D eigenvalue weighted by Gasteiger charge is 2.04. The molecule has 0 amide bonds. The molecule has 0 spiro atoms. The Kier molecular flexibility index (Phi) is 2.70. The van der Waals surface area contributed by atoms with Crippen molar-refractivity contribution in [2.24, 2.45) is 0 Å². The summed E-state index contributed by atoms with van der Waals surface area (Å²) in [4.78, 5) is 0. The summed E-state index contributed by atoms with van der Waals surface area (Å²) in [7, 11) is 0. The zero-order valence-corrected chi connectivity index (χ0v) is 6.13. The molecule has 0 aromatic rings. The van der Waals surface area contributed by atoms with E-state index in [2.05, 4.69) is 11.6 Å². The van der Waals surface area contributed by atoms with Crippen LogP contribution in [-0.2, 0) is 0 Å². The van der Waals surface area contributed by atoms with Gasteiger partial charge in [-0.15, -0.1) is 0 Å². The van der Waals surface area contributed by atoms with Gasteiger partial charge in [-0.3, -0.25) is 4.72 Å². The van der Waals surface area contributed by atoms with Crippen molar-refractivity contribution in [1.82, 2.24) is 4.72 Å². The normalized spacial score (nSPS) is 31.9. The Balaban J connectivity index is 2.17. The smallest absolute Gasteiger partial charge is 0.0143 e. The van der Waals surface area contributed by atoms with E-state index in [9.17, 15) is 0 Å². The van der Waals surface area contributed by atoms with E-state index in [-0.39, 0.29) is 0 Å². The quantitative estimate of drug-likeness (QED) is 0.503. The maximum Gasteiger partial charge on any atom is 0.0143 e. The van der Waals surface area contributed by atoms with E-state index in [1.165, 1.54) is 25.0 Å². The molecule has 0 aliphatic carbocycles. The Hall–Kier alpha value is 0.310. The summed E-state index contributed by atoms with van der Waals surface area (Å²) < 4.78 is 3.36. The highest BCUT2D eigenvalue weighted by molar-refractivity contribution is 7.97. The summed E-state index contributed by atoms with van der Waals surface area (Å²) in [5, 5.41) is 0. The molecule has 2 heteroatoms. The van der Waals surface area contributed by atoms with Crippen molar-refractivity contribution in [1.29, 1.82) is 0 Å². The van der Waals surface area contributed by atoms with Gasteiger partial charge in [0.1, 0.15) is 0 Å². The van der Waals surface area contributed by atoms with Gasteiger partial charge in [0, 0.05) is 11.8 Å². The molecule has 48 valence electrons. The molecular weight excluding hydrogens is 118 g/mol. The first-order valence-electron chi connectivity index (χ1n) is 3.27. The summed E-state index contributed by atoms with van der Waals surface area (Å²) in [6.45, 7) is 2.25. The highest BCUT2D eigenvalue weighted by Crippen LogP contribution is 2.12. The van der Waals surface area contributed by atoms with E-state index in [1.807, 2.05) is 11.9 Å². The fourth-order valence-electron chi connectivity index (χ4n) is 0.885. The molecule has 1 nitrogen and oxygen atoms in total. The lowest BCUT2D eigenvalue weighted by Gasteiger charge is -2.05. The molecule has 1 aliphatic rings. The van der Waals surface area contributed by atoms with E-state index in [1.54, 1.807) is 0 Å². The summed E-state index contributed by atoms with van der Waals surface area (Å²) in [5.74, 6) is 1.30. The van der Waals surface area contributed by atoms with Crippen LogP contribution in [0.2, 0.25) is 0 Å². The molecule has 0 aromatic carbocycles. The van der Waals surface area contributed by atoms with Crippen LogP contribution in [-0.4, -0.2) is 11.8 Å². The molecule has 1 N–H and O–H groups in total. The number of rotatable bonds is 0. The lowest BCUT2D eigenvalue weighted by molar-refractivity contribution is 0.605. The number of hydrogen-bond acceptors (Lipinski definition) is 2. The summed E-state index contributed by atoms with van der Waals surface area (Å²) in [6.07, 6.45) is 4.15. The molecule has 1 unspecified atom stereocenters. The number of hydrogen-bond donors (Lipinski definition) is 1. The predicted octanol–water partition coefficient (Wildman–Crippen LogP) is 1.80. The van der Waals surface area contributed by atoms with Crippen molar-refractivity contribution in [3.63, 3.8) is 0 Å². The minimum Gasteiger partial charge on any atom is -0.261 e. The fourth-order valence-corrected chi connectivity index (χ4v) is 1.75. The van der Waals surface area contributed by atoms with Crippen molar-refractivity contribution in [3.8, 4) is 0 Å². The van der Waals surface area contributed by atoms with Crippen LogP contribution in [0.1, 0.15) is 26.2 Å². The first-order valence-corrected chi connectivity index (χ1v) is 4.25. The standard InChI is InChI=1S/C6H13NS/c1-6-4-2-3-5-8-7-6/h6-7H,2-5H2,1H3. The monoisotopic (exact) mass is 131 g/mol. The number of nitrogens with one attached hydrogen (secondary N) is 1. The second-order valence-corrected chi connectivity index (χ2v) is 3.30. The SMILES string of the molecule is CC1CCCCSN1. The Morgan fingerprint density at radius 1 is 1.50 bits per heavy atom. The van der Waals surface area contributed by atoms with Crippen LogP contribution in [0.5, 0.6) is 0 Å². The van der Waals surface area contributed by atoms with E-state index >= 15 is 0 Å². The molecular formula is C6H13NS. The van der Waals surface area contributed by atoms with E-state index in [0.717, 1.165) is 6.04 Å². The molecule has 1 heterocycles. The van der Waals surface area contributed by atoms with Crippen molar-refractivity contribution in [3.05, 3.63) is 0 Å². The van der Waals surface area contributed by atoms with E-state index in [0.29, 0.717) is 0 Å². The molecule has 0 radical (unpaired) electrons.